The Bertz CT molecular complexity index is 416. The lowest BCUT2D eigenvalue weighted by atomic mass is 10.0. The molecule has 1 aromatic rings. The Balaban J connectivity index is 2.08. The molecule has 3 N–H and O–H groups in total. The molecule has 18 heavy (non-hydrogen) atoms. The maximum Gasteiger partial charge on any atom is 0.0821 e. The highest BCUT2D eigenvalue weighted by Gasteiger charge is 2.32. The van der Waals surface area contributed by atoms with E-state index >= 15 is 0 Å². The first-order chi connectivity index (χ1) is 8.54. The zero-order valence-corrected chi connectivity index (χ0v) is 11.6. The highest BCUT2D eigenvalue weighted by molar-refractivity contribution is 6.31. The molecule has 1 aromatic carbocycles. The van der Waals surface area contributed by atoms with E-state index in [2.05, 4.69) is 4.90 Å². The van der Waals surface area contributed by atoms with Crippen molar-refractivity contribution in [1.82, 2.24) is 0 Å². The second kappa shape index (κ2) is 5.47. The van der Waals surface area contributed by atoms with E-state index in [4.69, 9.17) is 17.3 Å². The van der Waals surface area contributed by atoms with Gasteiger partial charge in [0.25, 0.3) is 0 Å². The number of nitrogens with zero attached hydrogens (tertiary/aromatic N) is 1. The fourth-order valence-corrected chi connectivity index (χ4v) is 2.92. The molecule has 4 heteroatoms. The van der Waals surface area contributed by atoms with Crippen LogP contribution >= 0.6 is 11.6 Å². The number of nitrogens with two attached hydrogens (primary N) is 1. The first kappa shape index (κ1) is 13.7. The first-order valence-corrected chi connectivity index (χ1v) is 6.84. The maximum absolute atomic E-state index is 10.4. The average molecular weight is 269 g/mol. The van der Waals surface area contributed by atoms with Crippen LogP contribution in [0.2, 0.25) is 5.02 Å². The van der Waals surface area contributed by atoms with E-state index < -0.39 is 5.60 Å². The smallest absolute Gasteiger partial charge is 0.0821 e. The van der Waals surface area contributed by atoms with E-state index in [1.807, 2.05) is 25.2 Å². The van der Waals surface area contributed by atoms with Crippen LogP contribution in [0.1, 0.15) is 31.2 Å². The van der Waals surface area contributed by atoms with Crippen molar-refractivity contribution in [2.24, 2.45) is 5.73 Å². The standard InChI is InChI=1S/C14H21ClN2O/c1-17(10-14(18)6-2-3-7-14)12-5-4-11(9-16)13(15)8-12/h4-5,8,18H,2-3,6-7,9-10,16H2,1H3. The summed E-state index contributed by atoms with van der Waals surface area (Å²) in [5.74, 6) is 0. The summed E-state index contributed by atoms with van der Waals surface area (Å²) in [5.41, 5.74) is 7.04. The lowest BCUT2D eigenvalue weighted by molar-refractivity contribution is 0.0559. The van der Waals surface area contributed by atoms with Gasteiger partial charge >= 0.3 is 0 Å². The molecule has 0 radical (unpaired) electrons. The summed E-state index contributed by atoms with van der Waals surface area (Å²) in [4.78, 5) is 2.07. The molecule has 0 amide bonds. The number of benzene rings is 1. The van der Waals surface area contributed by atoms with Crippen LogP contribution < -0.4 is 10.6 Å². The molecule has 0 saturated heterocycles. The SMILES string of the molecule is CN(CC1(O)CCCC1)c1ccc(CN)c(Cl)c1. The minimum atomic E-state index is -0.534. The van der Waals surface area contributed by atoms with E-state index in [0.29, 0.717) is 18.1 Å². The number of anilines is 1. The molecule has 0 atom stereocenters. The number of rotatable bonds is 4. The molecule has 0 aliphatic heterocycles. The van der Waals surface area contributed by atoms with Crippen molar-refractivity contribution >= 4 is 17.3 Å². The maximum atomic E-state index is 10.4. The van der Waals surface area contributed by atoms with E-state index in [1.165, 1.54) is 0 Å². The predicted molar refractivity (Wildman–Crippen MR) is 76.0 cm³/mol. The third kappa shape index (κ3) is 2.97. The van der Waals surface area contributed by atoms with Gasteiger partial charge in [0, 0.05) is 30.8 Å². The number of halogens is 1. The monoisotopic (exact) mass is 268 g/mol. The van der Waals surface area contributed by atoms with Crippen LogP contribution in [-0.2, 0) is 6.54 Å². The van der Waals surface area contributed by atoms with Gasteiger partial charge in [0.1, 0.15) is 0 Å². The van der Waals surface area contributed by atoms with Gasteiger partial charge in [-0.15, -0.1) is 0 Å². The van der Waals surface area contributed by atoms with Crippen LogP contribution in [-0.4, -0.2) is 24.3 Å². The summed E-state index contributed by atoms with van der Waals surface area (Å²) in [6.45, 7) is 1.11. The molecule has 100 valence electrons. The number of hydrogen-bond acceptors (Lipinski definition) is 3. The Morgan fingerprint density at radius 1 is 1.39 bits per heavy atom. The lowest BCUT2D eigenvalue weighted by Gasteiger charge is -2.30. The average Bonchev–Trinajstić information content (AvgIpc) is 2.75. The van der Waals surface area contributed by atoms with Gasteiger partial charge in [0.05, 0.1) is 5.60 Å². The van der Waals surface area contributed by atoms with Gasteiger partial charge in [0.2, 0.25) is 0 Å². The van der Waals surface area contributed by atoms with Crippen molar-refractivity contribution in [2.75, 3.05) is 18.5 Å². The molecule has 2 rings (SSSR count). The molecule has 0 spiro atoms. The van der Waals surface area contributed by atoms with Crippen molar-refractivity contribution in [3.05, 3.63) is 28.8 Å². The summed E-state index contributed by atoms with van der Waals surface area (Å²) >= 11 is 6.16. The third-order valence-corrected chi connectivity index (χ3v) is 4.11. The van der Waals surface area contributed by atoms with Crippen molar-refractivity contribution in [1.29, 1.82) is 0 Å². The summed E-state index contributed by atoms with van der Waals surface area (Å²) < 4.78 is 0. The van der Waals surface area contributed by atoms with Gasteiger partial charge in [-0.2, -0.15) is 0 Å². The van der Waals surface area contributed by atoms with Gasteiger partial charge < -0.3 is 15.7 Å². The Labute approximate surface area is 114 Å². The predicted octanol–water partition coefficient (Wildman–Crippen LogP) is 2.54. The van der Waals surface area contributed by atoms with E-state index in [1.54, 1.807) is 0 Å². The highest BCUT2D eigenvalue weighted by Crippen LogP contribution is 2.32. The molecule has 1 aliphatic carbocycles. The van der Waals surface area contributed by atoms with Crippen LogP contribution in [0.25, 0.3) is 0 Å². The first-order valence-electron chi connectivity index (χ1n) is 6.46. The van der Waals surface area contributed by atoms with Crippen LogP contribution in [0.15, 0.2) is 18.2 Å². The topological polar surface area (TPSA) is 49.5 Å². The minimum absolute atomic E-state index is 0.451. The quantitative estimate of drug-likeness (QED) is 0.882. The van der Waals surface area contributed by atoms with Crippen LogP contribution in [0, 0.1) is 0 Å². The second-order valence-electron chi connectivity index (χ2n) is 5.27. The van der Waals surface area contributed by atoms with Crippen molar-refractivity contribution in [3.63, 3.8) is 0 Å². The van der Waals surface area contributed by atoms with Crippen LogP contribution in [0.4, 0.5) is 5.69 Å². The molecule has 1 fully saturated rings. The van der Waals surface area contributed by atoms with E-state index in [9.17, 15) is 5.11 Å². The van der Waals surface area contributed by atoms with Gasteiger partial charge in [-0.05, 0) is 30.5 Å². The lowest BCUT2D eigenvalue weighted by Crippen LogP contribution is -2.39. The zero-order chi connectivity index (χ0) is 13.2. The Hall–Kier alpha value is -0.770. The minimum Gasteiger partial charge on any atom is -0.388 e. The number of aliphatic hydroxyl groups is 1. The van der Waals surface area contributed by atoms with Gasteiger partial charge in [-0.25, -0.2) is 0 Å². The van der Waals surface area contributed by atoms with Crippen LogP contribution in [0.3, 0.4) is 0 Å². The normalized spacial score (nSPS) is 18.0. The van der Waals surface area contributed by atoms with Gasteiger partial charge in [0.15, 0.2) is 0 Å². The summed E-state index contributed by atoms with van der Waals surface area (Å²) in [7, 11) is 1.99. The third-order valence-electron chi connectivity index (χ3n) is 3.76. The molecule has 0 bridgehead atoms. The largest absolute Gasteiger partial charge is 0.388 e. The Kier molecular flexibility index (Phi) is 4.15. The highest BCUT2D eigenvalue weighted by atomic mass is 35.5. The Morgan fingerprint density at radius 3 is 2.61 bits per heavy atom. The summed E-state index contributed by atoms with van der Waals surface area (Å²) in [6, 6.07) is 5.88. The molecular weight excluding hydrogens is 248 g/mol. The molecule has 3 nitrogen and oxygen atoms in total. The fraction of sp³-hybridized carbons (Fsp3) is 0.571. The van der Waals surface area contributed by atoms with Crippen molar-refractivity contribution in [2.45, 2.75) is 37.8 Å². The molecule has 0 unspecified atom stereocenters. The number of likely N-dealkylation sites (N-methyl/N-ethyl adjacent to an activating group) is 1. The second-order valence-corrected chi connectivity index (χ2v) is 5.67. The zero-order valence-electron chi connectivity index (χ0n) is 10.8. The van der Waals surface area contributed by atoms with E-state index in [0.717, 1.165) is 36.9 Å². The van der Waals surface area contributed by atoms with Crippen molar-refractivity contribution in [3.8, 4) is 0 Å². The Morgan fingerprint density at radius 2 is 2.06 bits per heavy atom. The molecular formula is C14H21ClN2O. The number of hydrogen-bond donors (Lipinski definition) is 2. The van der Waals surface area contributed by atoms with E-state index in [-0.39, 0.29) is 0 Å². The molecule has 1 saturated carbocycles. The fourth-order valence-electron chi connectivity index (χ4n) is 2.66. The molecule has 0 heterocycles. The van der Waals surface area contributed by atoms with Crippen LogP contribution in [0.5, 0.6) is 0 Å². The molecule has 1 aliphatic rings. The molecule has 0 aromatic heterocycles. The van der Waals surface area contributed by atoms with Gasteiger partial charge in [-0.3, -0.25) is 0 Å². The summed E-state index contributed by atoms with van der Waals surface area (Å²) in [6.07, 6.45) is 4.03. The summed E-state index contributed by atoms with van der Waals surface area (Å²) in [5, 5.41) is 11.1. The van der Waals surface area contributed by atoms with Gasteiger partial charge in [-0.1, -0.05) is 30.5 Å². The van der Waals surface area contributed by atoms with Crippen molar-refractivity contribution < 1.29 is 5.11 Å².